The summed E-state index contributed by atoms with van der Waals surface area (Å²) in [6, 6.07) is 72.6. The molecule has 0 N–H and O–H groups in total. The van der Waals surface area contributed by atoms with Crippen LogP contribution >= 0.6 is 0 Å². The van der Waals surface area contributed by atoms with Crippen molar-refractivity contribution in [2.75, 3.05) is 0 Å². The van der Waals surface area contributed by atoms with Gasteiger partial charge in [-0.2, -0.15) is 0 Å². The van der Waals surface area contributed by atoms with E-state index in [1.807, 2.05) is 0 Å². The Morgan fingerprint density at radius 1 is 0.383 bits per heavy atom. The lowest BCUT2D eigenvalue weighted by atomic mass is 9.81. The van der Waals surface area contributed by atoms with E-state index < -0.39 is 0 Å². The van der Waals surface area contributed by atoms with Gasteiger partial charge in [0.15, 0.2) is 0 Å². The van der Waals surface area contributed by atoms with Crippen molar-refractivity contribution >= 4 is 43.5 Å². The fraction of sp³-hybridized carbons (Fsp3) is 0.0526. The van der Waals surface area contributed by atoms with Crippen molar-refractivity contribution in [1.29, 1.82) is 0 Å². The molecule has 9 aromatic carbocycles. The van der Waals surface area contributed by atoms with Crippen LogP contribution in [0.5, 0.6) is 0 Å². The van der Waals surface area contributed by atoms with Gasteiger partial charge in [0, 0.05) is 32.7 Å². The lowest BCUT2D eigenvalue weighted by Crippen LogP contribution is -2.14. The lowest BCUT2D eigenvalue weighted by Gasteiger charge is -2.22. The standard InChI is InChI=1S/C57H39N3/c1-57(2)50-27-10-8-23-45(50)46-30-29-42(34-51(46)57)38-20-12-19-37(31-38)39-21-13-22-43(32-39)44-25-14-26-47-49-33-40-17-6-7-18-41(40)35-53(49)60(55(44)47)56-58-52-28-11-9-24-48(52)54(59-56)36-15-4-3-5-16-36/h3-35H,1-2H3. The average molecular weight is 766 g/mol. The third-order valence-electron chi connectivity index (χ3n) is 12.8. The molecule has 0 bridgehead atoms. The molecule has 2 heterocycles. The second-order valence-electron chi connectivity index (χ2n) is 16.6. The Balaban J connectivity index is 1.04. The molecule has 0 unspecified atom stereocenters. The van der Waals surface area contributed by atoms with Gasteiger partial charge in [0.2, 0.25) is 5.95 Å². The van der Waals surface area contributed by atoms with E-state index in [0.717, 1.165) is 44.3 Å². The number of para-hydroxylation sites is 2. The van der Waals surface area contributed by atoms with Gasteiger partial charge in [0.1, 0.15) is 0 Å². The van der Waals surface area contributed by atoms with E-state index in [-0.39, 0.29) is 5.41 Å². The molecule has 60 heavy (non-hydrogen) atoms. The summed E-state index contributed by atoms with van der Waals surface area (Å²) in [4.78, 5) is 10.7. The van der Waals surface area contributed by atoms with Gasteiger partial charge in [-0.15, -0.1) is 0 Å². The molecule has 282 valence electrons. The topological polar surface area (TPSA) is 30.7 Å². The van der Waals surface area contributed by atoms with Crippen LogP contribution in [0.1, 0.15) is 25.0 Å². The highest BCUT2D eigenvalue weighted by atomic mass is 15.2. The Morgan fingerprint density at radius 3 is 1.78 bits per heavy atom. The van der Waals surface area contributed by atoms with E-state index in [1.54, 1.807) is 0 Å². The number of fused-ring (bicyclic) bond motifs is 8. The summed E-state index contributed by atoms with van der Waals surface area (Å²) in [6.45, 7) is 4.69. The summed E-state index contributed by atoms with van der Waals surface area (Å²) < 4.78 is 2.30. The number of aromatic nitrogens is 3. The Hall–Kier alpha value is -7.62. The maximum absolute atomic E-state index is 5.43. The van der Waals surface area contributed by atoms with Crippen molar-refractivity contribution < 1.29 is 0 Å². The average Bonchev–Trinajstić information content (AvgIpc) is 3.75. The van der Waals surface area contributed by atoms with Crippen LogP contribution in [0.25, 0.3) is 105 Å². The zero-order chi connectivity index (χ0) is 40.0. The molecule has 11 aromatic rings. The molecule has 3 nitrogen and oxygen atoms in total. The van der Waals surface area contributed by atoms with Crippen LogP contribution in [0, 0.1) is 0 Å². The van der Waals surface area contributed by atoms with E-state index in [1.165, 1.54) is 66.1 Å². The van der Waals surface area contributed by atoms with E-state index in [0.29, 0.717) is 5.95 Å². The van der Waals surface area contributed by atoms with E-state index in [4.69, 9.17) is 9.97 Å². The van der Waals surface area contributed by atoms with Crippen LogP contribution < -0.4 is 0 Å². The molecule has 0 saturated heterocycles. The molecule has 0 atom stereocenters. The lowest BCUT2D eigenvalue weighted by molar-refractivity contribution is 0.660. The van der Waals surface area contributed by atoms with Gasteiger partial charge in [-0.25, -0.2) is 9.97 Å². The zero-order valence-corrected chi connectivity index (χ0v) is 33.4. The Kier molecular flexibility index (Phi) is 7.58. The van der Waals surface area contributed by atoms with Crippen molar-refractivity contribution in [3.63, 3.8) is 0 Å². The first kappa shape index (κ1) is 34.4. The predicted molar refractivity (Wildman–Crippen MR) is 251 cm³/mol. The number of nitrogens with zero attached hydrogens (tertiary/aromatic N) is 3. The van der Waals surface area contributed by atoms with E-state index in [2.05, 4.69) is 219 Å². The first-order chi connectivity index (χ1) is 29.5. The monoisotopic (exact) mass is 765 g/mol. The van der Waals surface area contributed by atoms with Gasteiger partial charge in [0.25, 0.3) is 0 Å². The van der Waals surface area contributed by atoms with Crippen LogP contribution in [0.3, 0.4) is 0 Å². The molecule has 12 rings (SSSR count). The fourth-order valence-electron chi connectivity index (χ4n) is 9.80. The normalized spacial score (nSPS) is 13.0. The number of benzene rings is 9. The van der Waals surface area contributed by atoms with Crippen LogP contribution in [-0.4, -0.2) is 14.5 Å². The highest BCUT2D eigenvalue weighted by Gasteiger charge is 2.35. The largest absolute Gasteiger partial charge is 0.277 e. The Labute approximate surface area is 348 Å². The molecule has 1 aliphatic carbocycles. The number of hydrogen-bond acceptors (Lipinski definition) is 2. The highest BCUT2D eigenvalue weighted by molar-refractivity contribution is 6.17. The molecule has 0 saturated carbocycles. The summed E-state index contributed by atoms with van der Waals surface area (Å²) in [7, 11) is 0. The van der Waals surface area contributed by atoms with Crippen LogP contribution in [-0.2, 0) is 5.41 Å². The molecule has 1 aliphatic rings. The van der Waals surface area contributed by atoms with Gasteiger partial charge < -0.3 is 0 Å². The summed E-state index contributed by atoms with van der Waals surface area (Å²) >= 11 is 0. The fourth-order valence-corrected chi connectivity index (χ4v) is 9.80. The van der Waals surface area contributed by atoms with Crippen molar-refractivity contribution in [3.8, 4) is 61.7 Å². The van der Waals surface area contributed by atoms with E-state index >= 15 is 0 Å². The van der Waals surface area contributed by atoms with Crippen molar-refractivity contribution in [2.24, 2.45) is 0 Å². The number of rotatable bonds is 5. The zero-order valence-electron chi connectivity index (χ0n) is 33.4. The quantitative estimate of drug-likeness (QED) is 0.175. The van der Waals surface area contributed by atoms with Crippen molar-refractivity contribution in [1.82, 2.24) is 14.5 Å². The maximum Gasteiger partial charge on any atom is 0.235 e. The predicted octanol–water partition coefficient (Wildman–Crippen LogP) is 14.9. The Bertz CT molecular complexity index is 3520. The molecule has 2 aromatic heterocycles. The molecule has 3 heteroatoms. The smallest absolute Gasteiger partial charge is 0.235 e. The van der Waals surface area contributed by atoms with Crippen LogP contribution in [0.2, 0.25) is 0 Å². The maximum atomic E-state index is 5.43. The van der Waals surface area contributed by atoms with E-state index in [9.17, 15) is 0 Å². The minimum Gasteiger partial charge on any atom is -0.277 e. The van der Waals surface area contributed by atoms with Gasteiger partial charge in [-0.3, -0.25) is 4.57 Å². The minimum atomic E-state index is -0.0505. The second-order valence-corrected chi connectivity index (χ2v) is 16.6. The Morgan fingerprint density at radius 2 is 0.967 bits per heavy atom. The summed E-state index contributed by atoms with van der Waals surface area (Å²) in [5.41, 5.74) is 17.5. The SMILES string of the molecule is CC1(C)c2ccccc2-c2ccc(-c3cccc(-c4cccc(-c5cccc6c7cc8ccccc8cc7n(-c7nc(-c8ccccc8)c8ccccc8n7)c56)c4)c3)cc21. The van der Waals surface area contributed by atoms with Crippen LogP contribution in [0.15, 0.2) is 200 Å². The molecule has 0 amide bonds. The molecular weight excluding hydrogens is 727 g/mol. The summed E-state index contributed by atoms with van der Waals surface area (Å²) in [5.74, 6) is 0.653. The summed E-state index contributed by atoms with van der Waals surface area (Å²) in [6.07, 6.45) is 0. The van der Waals surface area contributed by atoms with Gasteiger partial charge >= 0.3 is 0 Å². The third-order valence-corrected chi connectivity index (χ3v) is 12.8. The first-order valence-corrected chi connectivity index (χ1v) is 20.7. The van der Waals surface area contributed by atoms with Gasteiger partial charge in [-0.1, -0.05) is 178 Å². The molecule has 0 aliphatic heterocycles. The minimum absolute atomic E-state index is 0.0505. The first-order valence-electron chi connectivity index (χ1n) is 20.7. The van der Waals surface area contributed by atoms with Gasteiger partial charge in [0.05, 0.1) is 22.2 Å². The number of hydrogen-bond donors (Lipinski definition) is 0. The molecule has 0 fully saturated rings. The molecule has 0 spiro atoms. The second kappa shape index (κ2) is 13.2. The summed E-state index contributed by atoms with van der Waals surface area (Å²) in [5, 5.41) is 5.76. The molecular formula is C57H39N3. The van der Waals surface area contributed by atoms with Crippen LogP contribution in [0.4, 0.5) is 0 Å². The van der Waals surface area contributed by atoms with Crippen molar-refractivity contribution in [3.05, 3.63) is 211 Å². The van der Waals surface area contributed by atoms with Gasteiger partial charge in [-0.05, 0) is 97.2 Å². The third kappa shape index (κ3) is 5.29. The van der Waals surface area contributed by atoms with Crippen molar-refractivity contribution in [2.45, 2.75) is 19.3 Å². The highest BCUT2D eigenvalue weighted by Crippen LogP contribution is 2.50. The molecule has 0 radical (unpaired) electrons.